The molecule has 1 fully saturated rings. The van der Waals surface area contributed by atoms with Crippen LogP contribution in [0.2, 0.25) is 0 Å². The smallest absolute Gasteiger partial charge is 0.305 e. The minimum Gasteiger partial charge on any atom is -0.481 e. The Morgan fingerprint density at radius 1 is 1.19 bits per heavy atom. The Kier molecular flexibility index (Phi) is 5.48. The number of rotatable bonds is 5. The van der Waals surface area contributed by atoms with Crippen LogP contribution in [0.5, 0.6) is 0 Å². The van der Waals surface area contributed by atoms with Gasteiger partial charge in [-0.2, -0.15) is 5.10 Å². The Hall–Kier alpha value is -2.93. The first-order valence-electron chi connectivity index (χ1n) is 8.00. The van der Waals surface area contributed by atoms with Crippen molar-refractivity contribution < 1.29 is 14.7 Å². The number of carboxylic acids is 1. The molecule has 7 heteroatoms. The topological polar surface area (TPSA) is 82.3 Å². The van der Waals surface area contributed by atoms with Crippen molar-refractivity contribution in [2.45, 2.75) is 18.6 Å². The zero-order valence-corrected chi connectivity index (χ0v) is 14.9. The van der Waals surface area contributed by atoms with Crippen molar-refractivity contribution in [1.29, 1.82) is 0 Å². The van der Waals surface area contributed by atoms with E-state index < -0.39 is 11.2 Å². The highest BCUT2D eigenvalue weighted by atomic mass is 32.2. The van der Waals surface area contributed by atoms with Gasteiger partial charge in [-0.05, 0) is 24.6 Å². The largest absolute Gasteiger partial charge is 0.481 e. The number of anilines is 1. The summed E-state index contributed by atoms with van der Waals surface area (Å²) in [6, 6.07) is 16.8. The molecule has 1 amide bonds. The number of nitrogens with zero attached hydrogens (tertiary/aromatic N) is 3. The number of hydrogen-bond donors (Lipinski definition) is 1. The molecule has 1 atom stereocenters. The Morgan fingerprint density at radius 2 is 1.88 bits per heavy atom. The SMILES string of the molecule is Cc1ccc(/C=N/N=C2\SC(CC(=O)O)C(=O)N2c2ccccc2)cc1. The Bertz CT molecular complexity index is 863. The van der Waals surface area contributed by atoms with Gasteiger partial charge in [-0.1, -0.05) is 59.8 Å². The molecule has 1 aliphatic heterocycles. The number of carbonyl (C=O) groups excluding carboxylic acids is 1. The second-order valence-electron chi connectivity index (χ2n) is 5.75. The monoisotopic (exact) mass is 367 g/mol. The fourth-order valence-electron chi connectivity index (χ4n) is 2.44. The first-order valence-corrected chi connectivity index (χ1v) is 8.88. The second kappa shape index (κ2) is 7.97. The van der Waals surface area contributed by atoms with E-state index in [-0.39, 0.29) is 12.3 Å². The molecule has 1 N–H and O–H groups in total. The van der Waals surface area contributed by atoms with E-state index in [0.29, 0.717) is 10.9 Å². The normalized spacial score (nSPS) is 18.8. The highest BCUT2D eigenvalue weighted by Gasteiger charge is 2.40. The lowest BCUT2D eigenvalue weighted by molar-refractivity contribution is -0.138. The minimum absolute atomic E-state index is 0.256. The van der Waals surface area contributed by atoms with E-state index in [1.165, 1.54) is 4.90 Å². The molecule has 1 saturated heterocycles. The molecule has 0 radical (unpaired) electrons. The summed E-state index contributed by atoms with van der Waals surface area (Å²) in [7, 11) is 0. The molecule has 2 aromatic rings. The number of aryl methyl sites for hydroxylation is 1. The van der Waals surface area contributed by atoms with E-state index in [2.05, 4.69) is 10.2 Å². The van der Waals surface area contributed by atoms with Gasteiger partial charge in [0, 0.05) is 0 Å². The van der Waals surface area contributed by atoms with Crippen LogP contribution in [0, 0.1) is 6.92 Å². The van der Waals surface area contributed by atoms with Gasteiger partial charge in [-0.25, -0.2) is 0 Å². The summed E-state index contributed by atoms with van der Waals surface area (Å²) >= 11 is 1.12. The van der Waals surface area contributed by atoms with Crippen molar-refractivity contribution in [2.24, 2.45) is 10.2 Å². The van der Waals surface area contributed by atoms with Gasteiger partial charge in [0.25, 0.3) is 0 Å². The van der Waals surface area contributed by atoms with Crippen LogP contribution >= 0.6 is 11.8 Å². The number of benzene rings is 2. The van der Waals surface area contributed by atoms with Crippen LogP contribution in [0.4, 0.5) is 5.69 Å². The van der Waals surface area contributed by atoms with Gasteiger partial charge in [0.1, 0.15) is 5.25 Å². The molecule has 1 unspecified atom stereocenters. The number of hydrogen-bond acceptors (Lipinski definition) is 5. The average molecular weight is 367 g/mol. The number of para-hydroxylation sites is 1. The highest BCUT2D eigenvalue weighted by molar-refractivity contribution is 8.16. The Balaban J connectivity index is 1.87. The highest BCUT2D eigenvalue weighted by Crippen LogP contribution is 2.33. The summed E-state index contributed by atoms with van der Waals surface area (Å²) in [6.45, 7) is 2.00. The van der Waals surface area contributed by atoms with E-state index >= 15 is 0 Å². The molecule has 0 saturated carbocycles. The maximum absolute atomic E-state index is 12.6. The molecule has 132 valence electrons. The molecule has 0 bridgehead atoms. The van der Waals surface area contributed by atoms with Crippen molar-refractivity contribution in [2.75, 3.05) is 4.90 Å². The minimum atomic E-state index is -1.02. The van der Waals surface area contributed by atoms with E-state index in [1.807, 2.05) is 49.4 Å². The van der Waals surface area contributed by atoms with Crippen molar-refractivity contribution in [3.63, 3.8) is 0 Å². The third kappa shape index (κ3) is 4.18. The van der Waals surface area contributed by atoms with Crippen molar-refractivity contribution >= 4 is 40.7 Å². The molecule has 0 aliphatic carbocycles. The molecule has 0 spiro atoms. The van der Waals surface area contributed by atoms with Gasteiger partial charge in [0.15, 0.2) is 5.17 Å². The summed E-state index contributed by atoms with van der Waals surface area (Å²) < 4.78 is 0. The van der Waals surface area contributed by atoms with Crippen LogP contribution in [0.3, 0.4) is 0 Å². The quantitative estimate of drug-likeness (QED) is 0.649. The van der Waals surface area contributed by atoms with Gasteiger partial charge >= 0.3 is 5.97 Å². The molecular formula is C19H17N3O3S. The Labute approximate surface area is 155 Å². The van der Waals surface area contributed by atoms with Crippen molar-refractivity contribution in [1.82, 2.24) is 0 Å². The van der Waals surface area contributed by atoms with E-state index in [9.17, 15) is 9.59 Å². The third-order valence-electron chi connectivity index (χ3n) is 3.74. The fraction of sp³-hybridized carbons (Fsp3) is 0.158. The van der Waals surface area contributed by atoms with Gasteiger partial charge in [0.05, 0.1) is 18.3 Å². The lowest BCUT2D eigenvalue weighted by atomic mass is 10.2. The van der Waals surface area contributed by atoms with Crippen LogP contribution in [0.1, 0.15) is 17.5 Å². The summed E-state index contributed by atoms with van der Waals surface area (Å²) in [5, 5.41) is 16.9. The number of aliphatic carboxylic acids is 1. The predicted molar refractivity (Wildman–Crippen MR) is 104 cm³/mol. The van der Waals surface area contributed by atoms with Crippen LogP contribution in [0.15, 0.2) is 64.8 Å². The maximum Gasteiger partial charge on any atom is 0.305 e. The zero-order valence-electron chi connectivity index (χ0n) is 14.1. The van der Waals surface area contributed by atoms with Crippen LogP contribution < -0.4 is 4.90 Å². The second-order valence-corrected chi connectivity index (χ2v) is 6.92. The number of amidine groups is 1. The molecule has 1 aliphatic rings. The third-order valence-corrected chi connectivity index (χ3v) is 4.86. The predicted octanol–water partition coefficient (Wildman–Crippen LogP) is 3.31. The lowest BCUT2D eigenvalue weighted by Gasteiger charge is -2.15. The van der Waals surface area contributed by atoms with Gasteiger partial charge in [-0.3, -0.25) is 14.5 Å². The molecule has 0 aromatic heterocycles. The molecular weight excluding hydrogens is 350 g/mol. The number of thioether (sulfide) groups is 1. The van der Waals surface area contributed by atoms with E-state index in [0.717, 1.165) is 22.9 Å². The first-order chi connectivity index (χ1) is 12.5. The van der Waals surface area contributed by atoms with Crippen LogP contribution in [-0.2, 0) is 9.59 Å². The standard InChI is InChI=1S/C19H17N3O3S/c1-13-7-9-14(10-8-13)12-20-21-19-22(15-5-3-2-4-6-15)18(25)16(26-19)11-17(23)24/h2-10,12,16H,11H2,1H3,(H,23,24)/b20-12+,21-19-. The van der Waals surface area contributed by atoms with Crippen LogP contribution in [-0.4, -0.2) is 33.6 Å². The number of amides is 1. The van der Waals surface area contributed by atoms with E-state index in [1.54, 1.807) is 18.3 Å². The average Bonchev–Trinajstić information content (AvgIpc) is 2.92. The summed E-state index contributed by atoms with van der Waals surface area (Å²) in [4.78, 5) is 25.1. The van der Waals surface area contributed by atoms with E-state index in [4.69, 9.17) is 5.11 Å². The maximum atomic E-state index is 12.6. The summed E-state index contributed by atoms with van der Waals surface area (Å²) in [6.07, 6.45) is 1.35. The van der Waals surface area contributed by atoms with Crippen molar-refractivity contribution in [3.05, 3.63) is 65.7 Å². The fourth-order valence-corrected chi connectivity index (χ4v) is 3.52. The van der Waals surface area contributed by atoms with Gasteiger partial charge in [0.2, 0.25) is 5.91 Å². The van der Waals surface area contributed by atoms with Crippen molar-refractivity contribution in [3.8, 4) is 0 Å². The lowest BCUT2D eigenvalue weighted by Crippen LogP contribution is -2.32. The molecule has 26 heavy (non-hydrogen) atoms. The van der Waals surface area contributed by atoms with Gasteiger partial charge in [-0.15, -0.1) is 5.10 Å². The number of carboxylic acid groups (broad SMARTS) is 1. The molecule has 3 rings (SSSR count). The summed E-state index contributed by atoms with van der Waals surface area (Å²) in [5.74, 6) is -1.32. The Morgan fingerprint density at radius 3 is 2.54 bits per heavy atom. The number of carbonyl (C=O) groups is 2. The molecule has 6 nitrogen and oxygen atoms in total. The molecule has 2 aromatic carbocycles. The van der Waals surface area contributed by atoms with Crippen LogP contribution in [0.25, 0.3) is 0 Å². The van der Waals surface area contributed by atoms with Gasteiger partial charge < -0.3 is 5.11 Å². The zero-order chi connectivity index (χ0) is 18.5. The summed E-state index contributed by atoms with van der Waals surface area (Å²) in [5.41, 5.74) is 2.68. The first kappa shape index (κ1) is 17.9. The molecule has 1 heterocycles.